The first-order valence-corrected chi connectivity index (χ1v) is 7.02. The van der Waals surface area contributed by atoms with Gasteiger partial charge in [-0.15, -0.1) is 0 Å². The molecule has 2 aliphatic rings. The van der Waals surface area contributed by atoms with Crippen molar-refractivity contribution >= 4 is 0 Å². The average Bonchev–Trinajstić information content (AvgIpc) is 3.19. The molecule has 1 unspecified atom stereocenters. The van der Waals surface area contributed by atoms with E-state index in [9.17, 15) is 0 Å². The van der Waals surface area contributed by atoms with Crippen molar-refractivity contribution in [1.29, 1.82) is 0 Å². The van der Waals surface area contributed by atoms with Crippen LogP contribution in [0.1, 0.15) is 19.8 Å². The molecule has 0 aromatic carbocycles. The van der Waals surface area contributed by atoms with Gasteiger partial charge in [0.15, 0.2) is 0 Å². The van der Waals surface area contributed by atoms with Crippen molar-refractivity contribution in [2.45, 2.75) is 31.8 Å². The lowest BCUT2D eigenvalue weighted by atomic mass is 10.2. The van der Waals surface area contributed by atoms with Gasteiger partial charge >= 0.3 is 0 Å². The Morgan fingerprint density at radius 2 is 1.94 bits per heavy atom. The highest BCUT2D eigenvalue weighted by molar-refractivity contribution is 4.85. The number of nitrogens with one attached hydrogen (secondary N) is 1. The van der Waals surface area contributed by atoms with Crippen LogP contribution < -0.4 is 5.32 Å². The Hall–Kier alpha value is -0.160. The minimum Gasteiger partial charge on any atom is -0.383 e. The fraction of sp³-hybridized carbons (Fsp3) is 1.00. The summed E-state index contributed by atoms with van der Waals surface area (Å²) in [6.45, 7) is 10.2. The van der Waals surface area contributed by atoms with Gasteiger partial charge in [-0.3, -0.25) is 4.90 Å². The molecule has 1 aliphatic heterocycles. The van der Waals surface area contributed by atoms with Gasteiger partial charge in [0.05, 0.1) is 6.61 Å². The number of hydrogen-bond acceptors (Lipinski definition) is 4. The van der Waals surface area contributed by atoms with Gasteiger partial charge in [-0.25, -0.2) is 0 Å². The van der Waals surface area contributed by atoms with E-state index >= 15 is 0 Å². The third-order valence-corrected chi connectivity index (χ3v) is 3.95. The maximum Gasteiger partial charge on any atom is 0.0630 e. The maximum absolute atomic E-state index is 5.37. The Bertz CT molecular complexity index is 213. The summed E-state index contributed by atoms with van der Waals surface area (Å²) in [7, 11) is 1.81. The molecule has 1 N–H and O–H groups in total. The largest absolute Gasteiger partial charge is 0.383 e. The van der Waals surface area contributed by atoms with E-state index in [-0.39, 0.29) is 0 Å². The van der Waals surface area contributed by atoms with Crippen LogP contribution in [0.3, 0.4) is 0 Å². The summed E-state index contributed by atoms with van der Waals surface area (Å²) >= 11 is 0. The first-order chi connectivity index (χ1) is 8.33. The molecule has 1 saturated carbocycles. The topological polar surface area (TPSA) is 27.7 Å². The first kappa shape index (κ1) is 13.3. The molecule has 100 valence electrons. The lowest BCUT2D eigenvalue weighted by Crippen LogP contribution is -2.54. The highest BCUT2D eigenvalue weighted by Gasteiger charge is 2.26. The van der Waals surface area contributed by atoms with Gasteiger partial charge in [0, 0.05) is 51.9 Å². The van der Waals surface area contributed by atoms with Gasteiger partial charge in [-0.1, -0.05) is 6.92 Å². The molecule has 1 aliphatic carbocycles. The molecule has 1 saturated heterocycles. The molecular formula is C13H27N3O. The summed E-state index contributed by atoms with van der Waals surface area (Å²) in [5.74, 6) is 0. The maximum atomic E-state index is 5.37. The Labute approximate surface area is 105 Å². The molecule has 0 amide bonds. The normalized spacial score (nSPS) is 25.1. The predicted octanol–water partition coefficient (Wildman–Crippen LogP) is 0.391. The molecule has 4 nitrogen and oxygen atoms in total. The molecule has 1 atom stereocenters. The highest BCUT2D eigenvalue weighted by atomic mass is 16.5. The van der Waals surface area contributed by atoms with Crippen LogP contribution in [0.4, 0.5) is 0 Å². The molecule has 4 heteroatoms. The van der Waals surface area contributed by atoms with Crippen molar-refractivity contribution in [3.63, 3.8) is 0 Å². The molecule has 0 aromatic heterocycles. The van der Waals surface area contributed by atoms with Crippen molar-refractivity contribution in [2.75, 3.05) is 53.0 Å². The van der Waals surface area contributed by atoms with Crippen LogP contribution in [0.2, 0.25) is 0 Å². The number of hydrogen-bond donors (Lipinski definition) is 1. The number of nitrogens with zero attached hydrogens (tertiary/aromatic N) is 2. The number of rotatable bonds is 7. The van der Waals surface area contributed by atoms with Gasteiger partial charge < -0.3 is 15.0 Å². The summed E-state index contributed by atoms with van der Waals surface area (Å²) in [5.41, 5.74) is 0. The Kier molecular flexibility index (Phi) is 5.22. The van der Waals surface area contributed by atoms with Crippen molar-refractivity contribution < 1.29 is 4.74 Å². The van der Waals surface area contributed by atoms with Crippen molar-refractivity contribution in [1.82, 2.24) is 15.1 Å². The number of piperazine rings is 1. The van der Waals surface area contributed by atoms with Gasteiger partial charge in [0.2, 0.25) is 0 Å². The van der Waals surface area contributed by atoms with Crippen molar-refractivity contribution in [2.24, 2.45) is 0 Å². The molecule has 2 rings (SSSR count). The molecule has 0 radical (unpaired) electrons. The van der Waals surface area contributed by atoms with Crippen LogP contribution >= 0.6 is 0 Å². The van der Waals surface area contributed by atoms with Crippen LogP contribution in [0.5, 0.6) is 0 Å². The molecule has 2 fully saturated rings. The number of methoxy groups -OCH3 is 1. The Balaban J connectivity index is 1.74. The van der Waals surface area contributed by atoms with Crippen LogP contribution in [0.15, 0.2) is 0 Å². The minimum atomic E-state index is 0.555. The van der Waals surface area contributed by atoms with E-state index in [2.05, 4.69) is 22.0 Å². The zero-order chi connectivity index (χ0) is 12.1. The zero-order valence-corrected chi connectivity index (χ0v) is 11.3. The summed E-state index contributed by atoms with van der Waals surface area (Å²) in [4.78, 5) is 5.11. The SMILES string of the molecule is CCN1CCN(C(CNC2CC2)COC)CC1. The third-order valence-electron chi connectivity index (χ3n) is 3.95. The van der Waals surface area contributed by atoms with E-state index in [1.807, 2.05) is 7.11 Å². The van der Waals surface area contributed by atoms with E-state index in [1.165, 1.54) is 45.6 Å². The molecule has 0 spiro atoms. The third kappa shape index (κ3) is 4.21. The van der Waals surface area contributed by atoms with E-state index in [0.29, 0.717) is 6.04 Å². The Morgan fingerprint density at radius 3 is 2.47 bits per heavy atom. The minimum absolute atomic E-state index is 0.555. The summed E-state index contributed by atoms with van der Waals surface area (Å²) < 4.78 is 5.37. The molecule has 17 heavy (non-hydrogen) atoms. The molecular weight excluding hydrogens is 214 g/mol. The summed E-state index contributed by atoms with van der Waals surface area (Å²) in [6, 6.07) is 1.35. The molecule has 1 heterocycles. The number of ether oxygens (including phenoxy) is 1. The Morgan fingerprint density at radius 1 is 1.24 bits per heavy atom. The van der Waals surface area contributed by atoms with Crippen molar-refractivity contribution in [3.05, 3.63) is 0 Å². The molecule has 0 bridgehead atoms. The second-order valence-corrected chi connectivity index (χ2v) is 5.26. The fourth-order valence-corrected chi connectivity index (χ4v) is 2.52. The van der Waals surface area contributed by atoms with Gasteiger partial charge in [0.25, 0.3) is 0 Å². The second kappa shape index (κ2) is 6.69. The highest BCUT2D eigenvalue weighted by Crippen LogP contribution is 2.19. The van der Waals surface area contributed by atoms with E-state index in [1.54, 1.807) is 0 Å². The summed E-state index contributed by atoms with van der Waals surface area (Å²) in [6.07, 6.45) is 2.73. The van der Waals surface area contributed by atoms with Crippen LogP contribution in [-0.2, 0) is 4.74 Å². The van der Waals surface area contributed by atoms with E-state index < -0.39 is 0 Å². The van der Waals surface area contributed by atoms with Gasteiger partial charge in [-0.2, -0.15) is 0 Å². The zero-order valence-electron chi connectivity index (χ0n) is 11.3. The lowest BCUT2D eigenvalue weighted by Gasteiger charge is -2.38. The van der Waals surface area contributed by atoms with Crippen molar-refractivity contribution in [3.8, 4) is 0 Å². The predicted molar refractivity (Wildman–Crippen MR) is 70.4 cm³/mol. The fourth-order valence-electron chi connectivity index (χ4n) is 2.52. The van der Waals surface area contributed by atoms with Crippen LogP contribution in [0, 0.1) is 0 Å². The molecule has 0 aromatic rings. The van der Waals surface area contributed by atoms with Gasteiger partial charge in [0.1, 0.15) is 0 Å². The monoisotopic (exact) mass is 241 g/mol. The second-order valence-electron chi connectivity index (χ2n) is 5.26. The van der Waals surface area contributed by atoms with Crippen LogP contribution in [0.25, 0.3) is 0 Å². The average molecular weight is 241 g/mol. The quantitative estimate of drug-likeness (QED) is 0.698. The summed E-state index contributed by atoms with van der Waals surface area (Å²) in [5, 5.41) is 3.63. The first-order valence-electron chi connectivity index (χ1n) is 7.02. The lowest BCUT2D eigenvalue weighted by molar-refractivity contribution is 0.0509. The van der Waals surface area contributed by atoms with E-state index in [4.69, 9.17) is 4.74 Å². The standard InChI is InChI=1S/C13H27N3O/c1-3-15-6-8-16(9-7-15)13(11-17-2)10-14-12-4-5-12/h12-14H,3-11H2,1-2H3. The van der Waals surface area contributed by atoms with E-state index in [0.717, 1.165) is 19.2 Å². The smallest absolute Gasteiger partial charge is 0.0630 e. The van der Waals surface area contributed by atoms with Gasteiger partial charge in [-0.05, 0) is 19.4 Å². The van der Waals surface area contributed by atoms with Crippen LogP contribution in [-0.4, -0.2) is 74.9 Å². The number of likely N-dealkylation sites (N-methyl/N-ethyl adjacent to an activating group) is 1.